The van der Waals surface area contributed by atoms with Gasteiger partial charge in [-0.15, -0.1) is 0 Å². The normalized spacial score (nSPS) is 14.9. The highest BCUT2D eigenvalue weighted by Gasteiger charge is 2.20. The summed E-state index contributed by atoms with van der Waals surface area (Å²) in [5.74, 6) is 2.57. The van der Waals surface area contributed by atoms with Gasteiger partial charge < -0.3 is 14.1 Å². The average Bonchev–Trinajstić information content (AvgIpc) is 3.16. The second-order valence-electron chi connectivity index (χ2n) is 7.84. The number of ether oxygens (including phenoxy) is 1. The fourth-order valence-corrected chi connectivity index (χ4v) is 3.89. The molecule has 1 amide bonds. The zero-order valence-electron chi connectivity index (χ0n) is 18.0. The van der Waals surface area contributed by atoms with Crippen LogP contribution in [-0.2, 0) is 17.8 Å². The molecule has 0 atom stereocenters. The molecule has 1 saturated heterocycles. The number of rotatable bonds is 7. The fraction of sp³-hybridized carbons (Fsp3) is 0.360. The summed E-state index contributed by atoms with van der Waals surface area (Å²) in [6.45, 7) is 3.98. The molecule has 3 aromatic rings. The first kappa shape index (κ1) is 21.1. The highest BCUT2D eigenvalue weighted by Crippen LogP contribution is 2.21. The Hall–Kier alpha value is -3.12. The van der Waals surface area contributed by atoms with Crippen LogP contribution < -0.4 is 4.74 Å². The molecule has 6 heteroatoms. The number of oxazole rings is 1. The molecular formula is C25H29N3O3. The molecule has 0 aliphatic carbocycles. The van der Waals surface area contributed by atoms with Gasteiger partial charge in [0.1, 0.15) is 5.75 Å². The Morgan fingerprint density at radius 1 is 1.03 bits per heavy atom. The summed E-state index contributed by atoms with van der Waals surface area (Å²) >= 11 is 0. The minimum absolute atomic E-state index is 0.222. The lowest BCUT2D eigenvalue weighted by molar-refractivity contribution is -0.131. The molecule has 0 N–H and O–H groups in total. The number of hydrogen-bond acceptors (Lipinski definition) is 5. The summed E-state index contributed by atoms with van der Waals surface area (Å²) in [4.78, 5) is 21.5. The van der Waals surface area contributed by atoms with E-state index in [0.717, 1.165) is 67.5 Å². The van der Waals surface area contributed by atoms with Gasteiger partial charge in [0.25, 0.3) is 0 Å². The van der Waals surface area contributed by atoms with E-state index in [-0.39, 0.29) is 5.91 Å². The van der Waals surface area contributed by atoms with Crippen LogP contribution in [0.5, 0.6) is 5.75 Å². The minimum Gasteiger partial charge on any atom is -0.497 e. The van der Waals surface area contributed by atoms with E-state index in [9.17, 15) is 4.79 Å². The van der Waals surface area contributed by atoms with Crippen LogP contribution in [-0.4, -0.2) is 54.0 Å². The van der Waals surface area contributed by atoms with Crippen molar-refractivity contribution in [3.05, 3.63) is 72.2 Å². The Balaban J connectivity index is 1.26. The van der Waals surface area contributed by atoms with Crippen molar-refractivity contribution in [3.8, 4) is 17.1 Å². The van der Waals surface area contributed by atoms with Gasteiger partial charge in [0.2, 0.25) is 11.8 Å². The van der Waals surface area contributed by atoms with Crippen molar-refractivity contribution in [1.29, 1.82) is 0 Å². The first-order valence-electron chi connectivity index (χ1n) is 10.8. The molecule has 6 nitrogen and oxygen atoms in total. The van der Waals surface area contributed by atoms with Gasteiger partial charge in [-0.25, -0.2) is 4.98 Å². The van der Waals surface area contributed by atoms with Gasteiger partial charge in [0.05, 0.1) is 19.9 Å². The van der Waals surface area contributed by atoms with E-state index in [1.165, 1.54) is 0 Å². The molecule has 1 fully saturated rings. The summed E-state index contributed by atoms with van der Waals surface area (Å²) in [6, 6.07) is 17.9. The number of aryl methyl sites for hydroxylation is 1. The molecular weight excluding hydrogens is 390 g/mol. The second-order valence-corrected chi connectivity index (χ2v) is 7.84. The SMILES string of the molecule is COc1ccc(CCC(=O)N2CCCN(Cc3ncc(-c4ccccc4)o3)CC2)cc1. The summed E-state index contributed by atoms with van der Waals surface area (Å²) in [5, 5.41) is 0. The maximum absolute atomic E-state index is 12.7. The van der Waals surface area contributed by atoms with Gasteiger partial charge in [-0.2, -0.15) is 0 Å². The first-order valence-corrected chi connectivity index (χ1v) is 10.8. The molecule has 1 aromatic heterocycles. The zero-order valence-corrected chi connectivity index (χ0v) is 18.0. The lowest BCUT2D eigenvalue weighted by Gasteiger charge is -2.21. The quantitative estimate of drug-likeness (QED) is 0.579. The highest BCUT2D eigenvalue weighted by atomic mass is 16.5. The summed E-state index contributed by atoms with van der Waals surface area (Å²) in [6.07, 6.45) is 4.03. The Kier molecular flexibility index (Phi) is 6.99. The number of benzene rings is 2. The molecule has 31 heavy (non-hydrogen) atoms. The third kappa shape index (κ3) is 5.73. The standard InChI is InChI=1S/C25H29N3O3/c1-30-22-11-8-20(9-12-22)10-13-25(29)28-15-5-14-27(16-17-28)19-24-26-18-23(31-24)21-6-3-2-4-7-21/h2-4,6-9,11-12,18H,5,10,13-17,19H2,1H3. The van der Waals surface area contributed by atoms with Gasteiger partial charge in [-0.05, 0) is 30.5 Å². The van der Waals surface area contributed by atoms with Gasteiger partial charge >= 0.3 is 0 Å². The average molecular weight is 420 g/mol. The van der Waals surface area contributed by atoms with Gasteiger partial charge in [-0.1, -0.05) is 42.5 Å². The van der Waals surface area contributed by atoms with E-state index in [4.69, 9.17) is 9.15 Å². The topological polar surface area (TPSA) is 58.8 Å². The maximum Gasteiger partial charge on any atom is 0.222 e. The molecule has 0 radical (unpaired) electrons. The molecule has 2 aromatic carbocycles. The van der Waals surface area contributed by atoms with Crippen LogP contribution >= 0.6 is 0 Å². The number of nitrogens with zero attached hydrogens (tertiary/aromatic N) is 3. The lowest BCUT2D eigenvalue weighted by atomic mass is 10.1. The number of carbonyl (C=O) groups is 1. The molecule has 0 spiro atoms. The molecule has 0 unspecified atom stereocenters. The summed E-state index contributed by atoms with van der Waals surface area (Å²) in [5.41, 5.74) is 2.19. The van der Waals surface area contributed by atoms with Crippen molar-refractivity contribution in [3.63, 3.8) is 0 Å². The Bertz CT molecular complexity index is 969. The van der Waals surface area contributed by atoms with Crippen molar-refractivity contribution in [1.82, 2.24) is 14.8 Å². The van der Waals surface area contributed by atoms with E-state index in [1.54, 1.807) is 13.3 Å². The maximum atomic E-state index is 12.7. The molecule has 0 saturated carbocycles. The van der Waals surface area contributed by atoms with Crippen molar-refractivity contribution in [2.24, 2.45) is 0 Å². The smallest absolute Gasteiger partial charge is 0.222 e. The Labute approximate surface area is 183 Å². The number of hydrogen-bond donors (Lipinski definition) is 0. The van der Waals surface area contributed by atoms with E-state index in [0.29, 0.717) is 13.0 Å². The highest BCUT2D eigenvalue weighted by molar-refractivity contribution is 5.76. The largest absolute Gasteiger partial charge is 0.497 e. The second kappa shape index (κ2) is 10.3. The van der Waals surface area contributed by atoms with Crippen molar-refractivity contribution >= 4 is 5.91 Å². The molecule has 162 valence electrons. The number of amides is 1. The number of carbonyl (C=O) groups excluding carboxylic acids is 1. The fourth-order valence-electron chi connectivity index (χ4n) is 3.89. The van der Waals surface area contributed by atoms with Crippen molar-refractivity contribution in [2.45, 2.75) is 25.8 Å². The monoisotopic (exact) mass is 419 g/mol. The van der Waals surface area contributed by atoms with Gasteiger partial charge in [-0.3, -0.25) is 9.69 Å². The van der Waals surface area contributed by atoms with E-state index in [2.05, 4.69) is 9.88 Å². The molecule has 1 aliphatic rings. The Morgan fingerprint density at radius 3 is 2.61 bits per heavy atom. The van der Waals surface area contributed by atoms with Crippen LogP contribution in [0.15, 0.2) is 65.2 Å². The summed E-state index contributed by atoms with van der Waals surface area (Å²) in [7, 11) is 1.66. The molecule has 0 bridgehead atoms. The van der Waals surface area contributed by atoms with Gasteiger partial charge in [0.15, 0.2) is 5.76 Å². The van der Waals surface area contributed by atoms with E-state index < -0.39 is 0 Å². The lowest BCUT2D eigenvalue weighted by Crippen LogP contribution is -2.35. The van der Waals surface area contributed by atoms with Crippen molar-refractivity contribution < 1.29 is 13.9 Å². The van der Waals surface area contributed by atoms with Crippen LogP contribution in [0, 0.1) is 0 Å². The summed E-state index contributed by atoms with van der Waals surface area (Å²) < 4.78 is 11.1. The molecule has 4 rings (SSSR count). The van der Waals surface area contributed by atoms with Crippen LogP contribution in [0.2, 0.25) is 0 Å². The zero-order chi connectivity index (χ0) is 21.5. The van der Waals surface area contributed by atoms with Crippen LogP contribution in [0.4, 0.5) is 0 Å². The number of methoxy groups -OCH3 is 1. The van der Waals surface area contributed by atoms with Crippen molar-refractivity contribution in [2.75, 3.05) is 33.3 Å². The third-order valence-electron chi connectivity index (χ3n) is 5.70. The number of aromatic nitrogens is 1. The van der Waals surface area contributed by atoms with E-state index in [1.807, 2.05) is 59.5 Å². The predicted octanol–water partition coefficient (Wildman–Crippen LogP) is 4.02. The predicted molar refractivity (Wildman–Crippen MR) is 120 cm³/mol. The molecule has 1 aliphatic heterocycles. The van der Waals surface area contributed by atoms with Crippen LogP contribution in [0.1, 0.15) is 24.3 Å². The van der Waals surface area contributed by atoms with Crippen LogP contribution in [0.3, 0.4) is 0 Å². The van der Waals surface area contributed by atoms with Crippen LogP contribution in [0.25, 0.3) is 11.3 Å². The molecule has 2 heterocycles. The third-order valence-corrected chi connectivity index (χ3v) is 5.70. The van der Waals surface area contributed by atoms with E-state index >= 15 is 0 Å². The first-order chi connectivity index (χ1) is 15.2. The Morgan fingerprint density at radius 2 is 1.84 bits per heavy atom. The van der Waals surface area contributed by atoms with Gasteiger partial charge in [0, 0.05) is 38.2 Å². The minimum atomic E-state index is 0.222.